The molecule has 0 aromatic carbocycles. The van der Waals surface area contributed by atoms with Gasteiger partial charge in [0.15, 0.2) is 0 Å². The Hall–Kier alpha value is -0.660. The van der Waals surface area contributed by atoms with Crippen molar-refractivity contribution in [2.45, 2.75) is 51.7 Å². The number of nitrogens with zero attached hydrogens (tertiary/aromatic N) is 1. The summed E-state index contributed by atoms with van der Waals surface area (Å²) in [5.74, 6) is -0.140. The van der Waals surface area contributed by atoms with Crippen molar-refractivity contribution in [1.82, 2.24) is 9.62 Å². The average Bonchev–Trinajstić information content (AvgIpc) is 2.72. The molecule has 1 saturated heterocycles. The van der Waals surface area contributed by atoms with Crippen molar-refractivity contribution in [3.05, 3.63) is 0 Å². The van der Waals surface area contributed by atoms with E-state index in [1.165, 1.54) is 10.6 Å². The fraction of sp³-hybridized carbons (Fsp3) is 0.923. The van der Waals surface area contributed by atoms with Gasteiger partial charge in [0.05, 0.1) is 12.4 Å². The summed E-state index contributed by atoms with van der Waals surface area (Å²) in [6.07, 6.45) is 3.13. The summed E-state index contributed by atoms with van der Waals surface area (Å²) in [5, 5.41) is 2.83. The molecule has 1 fully saturated rings. The Balaban J connectivity index is 2.51. The molecule has 1 atom stereocenters. The standard InChI is InChI=1S/C13H26N2O4S/c1-13(2,3)14-12(16)7-8-15(20(4,17)18)10-11-6-5-9-19-11/h11H,5-10H2,1-4H3,(H,14,16). The Bertz CT molecular complexity index is 422. The van der Waals surface area contributed by atoms with E-state index in [0.29, 0.717) is 13.2 Å². The Morgan fingerprint density at radius 2 is 2.05 bits per heavy atom. The molecule has 118 valence electrons. The van der Waals surface area contributed by atoms with Gasteiger partial charge in [-0.15, -0.1) is 0 Å². The maximum Gasteiger partial charge on any atom is 0.221 e. The quantitative estimate of drug-likeness (QED) is 0.785. The average molecular weight is 306 g/mol. The SMILES string of the molecule is CC(C)(C)NC(=O)CCN(CC1CCCO1)S(C)(=O)=O. The van der Waals surface area contributed by atoms with Gasteiger partial charge in [-0.05, 0) is 33.6 Å². The van der Waals surface area contributed by atoms with Gasteiger partial charge in [0, 0.05) is 31.7 Å². The van der Waals surface area contributed by atoms with Crippen LogP contribution in [0, 0.1) is 0 Å². The Labute approximate surface area is 121 Å². The van der Waals surface area contributed by atoms with E-state index < -0.39 is 10.0 Å². The van der Waals surface area contributed by atoms with E-state index >= 15 is 0 Å². The first kappa shape index (κ1) is 17.4. The lowest BCUT2D eigenvalue weighted by molar-refractivity contribution is -0.122. The van der Waals surface area contributed by atoms with E-state index in [2.05, 4.69) is 5.32 Å². The molecule has 0 aliphatic carbocycles. The Morgan fingerprint density at radius 3 is 2.50 bits per heavy atom. The summed E-state index contributed by atoms with van der Waals surface area (Å²) in [4.78, 5) is 11.8. The molecule has 6 nitrogen and oxygen atoms in total. The van der Waals surface area contributed by atoms with E-state index in [0.717, 1.165) is 12.8 Å². The van der Waals surface area contributed by atoms with Gasteiger partial charge in [-0.1, -0.05) is 0 Å². The monoisotopic (exact) mass is 306 g/mol. The van der Waals surface area contributed by atoms with E-state index in [9.17, 15) is 13.2 Å². The molecule has 0 radical (unpaired) electrons. The van der Waals surface area contributed by atoms with Crippen LogP contribution in [-0.4, -0.2) is 56.2 Å². The molecular formula is C13H26N2O4S. The molecular weight excluding hydrogens is 280 g/mol. The van der Waals surface area contributed by atoms with Crippen LogP contribution in [0.25, 0.3) is 0 Å². The lowest BCUT2D eigenvalue weighted by Crippen LogP contribution is -2.43. The molecule has 1 rings (SSSR count). The van der Waals surface area contributed by atoms with Crippen LogP contribution < -0.4 is 5.32 Å². The molecule has 1 N–H and O–H groups in total. The van der Waals surface area contributed by atoms with Crippen molar-refractivity contribution in [3.8, 4) is 0 Å². The molecule has 0 saturated carbocycles. The predicted molar refractivity (Wildman–Crippen MR) is 77.9 cm³/mol. The van der Waals surface area contributed by atoms with Crippen LogP contribution >= 0.6 is 0 Å². The zero-order chi connectivity index (χ0) is 15.4. The Kier molecular flexibility index (Phi) is 5.97. The van der Waals surface area contributed by atoms with E-state index in [4.69, 9.17) is 4.74 Å². The molecule has 0 aromatic rings. The van der Waals surface area contributed by atoms with Crippen molar-refractivity contribution >= 4 is 15.9 Å². The van der Waals surface area contributed by atoms with Crippen molar-refractivity contribution in [1.29, 1.82) is 0 Å². The summed E-state index contributed by atoms with van der Waals surface area (Å²) in [6.45, 7) is 6.90. The first-order chi connectivity index (χ1) is 9.08. The normalized spacial score (nSPS) is 20.4. The van der Waals surface area contributed by atoms with Crippen LogP contribution in [0.5, 0.6) is 0 Å². The minimum Gasteiger partial charge on any atom is -0.377 e. The molecule has 0 bridgehead atoms. The van der Waals surface area contributed by atoms with Gasteiger partial charge in [0.2, 0.25) is 15.9 Å². The number of rotatable bonds is 6. The number of carbonyl (C=O) groups excluding carboxylic acids is 1. The molecule has 1 amide bonds. The number of carbonyl (C=O) groups is 1. The van der Waals surface area contributed by atoms with E-state index in [-0.39, 0.29) is 30.5 Å². The van der Waals surface area contributed by atoms with Gasteiger partial charge < -0.3 is 10.1 Å². The summed E-state index contributed by atoms with van der Waals surface area (Å²) in [6, 6.07) is 0. The predicted octanol–water partition coefficient (Wildman–Crippen LogP) is 0.732. The summed E-state index contributed by atoms with van der Waals surface area (Å²) < 4.78 is 30.3. The van der Waals surface area contributed by atoms with Gasteiger partial charge in [-0.2, -0.15) is 4.31 Å². The van der Waals surface area contributed by atoms with Crippen molar-refractivity contribution in [2.24, 2.45) is 0 Å². The second-order valence-corrected chi connectivity index (χ2v) is 8.29. The molecule has 1 heterocycles. The van der Waals surface area contributed by atoms with Crippen LogP contribution in [0.15, 0.2) is 0 Å². The third kappa shape index (κ3) is 6.67. The molecule has 1 unspecified atom stereocenters. The number of ether oxygens (including phenoxy) is 1. The lowest BCUT2D eigenvalue weighted by Gasteiger charge is -2.24. The molecule has 1 aliphatic rings. The van der Waals surface area contributed by atoms with Crippen molar-refractivity contribution < 1.29 is 17.9 Å². The van der Waals surface area contributed by atoms with Crippen LogP contribution in [0.3, 0.4) is 0 Å². The fourth-order valence-electron chi connectivity index (χ4n) is 2.11. The fourth-order valence-corrected chi connectivity index (χ4v) is 2.97. The second kappa shape index (κ2) is 6.87. The minimum absolute atomic E-state index is 0.0459. The molecule has 20 heavy (non-hydrogen) atoms. The van der Waals surface area contributed by atoms with Gasteiger partial charge in [-0.25, -0.2) is 8.42 Å². The minimum atomic E-state index is -3.32. The number of hydrogen-bond acceptors (Lipinski definition) is 4. The highest BCUT2D eigenvalue weighted by atomic mass is 32.2. The molecule has 0 spiro atoms. The highest BCUT2D eigenvalue weighted by Gasteiger charge is 2.25. The second-order valence-electron chi connectivity index (χ2n) is 6.30. The van der Waals surface area contributed by atoms with E-state index in [1.54, 1.807) is 0 Å². The van der Waals surface area contributed by atoms with Crippen LogP contribution in [0.1, 0.15) is 40.0 Å². The highest BCUT2D eigenvalue weighted by molar-refractivity contribution is 7.88. The summed E-state index contributed by atoms with van der Waals surface area (Å²) in [5.41, 5.74) is -0.304. The third-order valence-electron chi connectivity index (χ3n) is 3.00. The molecule has 7 heteroatoms. The van der Waals surface area contributed by atoms with E-state index in [1.807, 2.05) is 20.8 Å². The smallest absolute Gasteiger partial charge is 0.221 e. The number of nitrogens with one attached hydrogen (secondary N) is 1. The number of hydrogen-bond donors (Lipinski definition) is 1. The first-order valence-electron chi connectivity index (χ1n) is 6.96. The maximum absolute atomic E-state index is 11.8. The first-order valence-corrected chi connectivity index (χ1v) is 8.80. The molecule has 0 aromatic heterocycles. The van der Waals surface area contributed by atoms with Crippen LogP contribution in [-0.2, 0) is 19.6 Å². The van der Waals surface area contributed by atoms with Crippen LogP contribution in [0.4, 0.5) is 0 Å². The van der Waals surface area contributed by atoms with Crippen molar-refractivity contribution in [3.63, 3.8) is 0 Å². The van der Waals surface area contributed by atoms with Gasteiger partial charge in [-0.3, -0.25) is 4.79 Å². The summed E-state index contributed by atoms with van der Waals surface area (Å²) >= 11 is 0. The highest BCUT2D eigenvalue weighted by Crippen LogP contribution is 2.15. The largest absolute Gasteiger partial charge is 0.377 e. The van der Waals surface area contributed by atoms with Gasteiger partial charge >= 0.3 is 0 Å². The number of sulfonamides is 1. The summed E-state index contributed by atoms with van der Waals surface area (Å²) in [7, 11) is -3.32. The topological polar surface area (TPSA) is 75.7 Å². The van der Waals surface area contributed by atoms with Crippen molar-refractivity contribution in [2.75, 3.05) is 26.0 Å². The van der Waals surface area contributed by atoms with Gasteiger partial charge in [0.25, 0.3) is 0 Å². The maximum atomic E-state index is 11.8. The lowest BCUT2D eigenvalue weighted by atomic mass is 10.1. The third-order valence-corrected chi connectivity index (χ3v) is 4.27. The van der Waals surface area contributed by atoms with Crippen LogP contribution in [0.2, 0.25) is 0 Å². The molecule has 1 aliphatic heterocycles. The number of amides is 1. The Morgan fingerprint density at radius 1 is 1.40 bits per heavy atom. The zero-order valence-electron chi connectivity index (χ0n) is 12.8. The van der Waals surface area contributed by atoms with Gasteiger partial charge in [0.1, 0.15) is 0 Å². The zero-order valence-corrected chi connectivity index (χ0v) is 13.6.